The van der Waals surface area contributed by atoms with Crippen LogP contribution in [0.5, 0.6) is 0 Å². The molecule has 1 saturated heterocycles. The average molecular weight is 454 g/mol. The van der Waals surface area contributed by atoms with Gasteiger partial charge < -0.3 is 4.90 Å². The third kappa shape index (κ3) is 4.78. The second-order valence-corrected chi connectivity index (χ2v) is 7.15. The number of hydrogen-bond acceptors (Lipinski definition) is 3. The molecular weight excluding hydrogens is 439 g/mol. The van der Waals surface area contributed by atoms with E-state index in [1.165, 1.54) is 23.2 Å². The van der Waals surface area contributed by atoms with Crippen molar-refractivity contribution in [2.75, 3.05) is 11.4 Å². The first-order valence-electron chi connectivity index (χ1n) is 8.30. The van der Waals surface area contributed by atoms with Crippen LogP contribution in [-0.4, -0.2) is 24.6 Å². The van der Waals surface area contributed by atoms with Crippen molar-refractivity contribution in [1.29, 1.82) is 0 Å². The van der Waals surface area contributed by atoms with Gasteiger partial charge in [-0.3, -0.25) is 9.59 Å². The maximum atomic E-state index is 12.5. The molecule has 5 nitrogen and oxygen atoms in total. The van der Waals surface area contributed by atoms with Crippen LogP contribution in [0, 0.1) is 5.92 Å². The van der Waals surface area contributed by atoms with Gasteiger partial charge in [-0.25, -0.2) is 5.43 Å². The molecule has 2 amide bonds. The lowest BCUT2D eigenvalue weighted by Gasteiger charge is -2.16. The van der Waals surface area contributed by atoms with Crippen LogP contribution in [0.4, 0.5) is 18.9 Å². The molecule has 146 valence electrons. The lowest BCUT2D eigenvalue weighted by Crippen LogP contribution is -2.30. The van der Waals surface area contributed by atoms with E-state index < -0.39 is 23.6 Å². The maximum Gasteiger partial charge on any atom is 0.416 e. The molecule has 0 saturated carbocycles. The van der Waals surface area contributed by atoms with Crippen molar-refractivity contribution in [3.8, 4) is 0 Å². The third-order valence-corrected chi connectivity index (χ3v) is 4.79. The normalized spacial score (nSPS) is 17.4. The number of hydrogen-bond donors (Lipinski definition) is 1. The Hall–Kier alpha value is -2.68. The fraction of sp³-hybridized carbons (Fsp3) is 0.211. The Balaban J connectivity index is 1.57. The molecule has 3 rings (SSSR count). The first-order valence-corrected chi connectivity index (χ1v) is 9.09. The number of halogens is 4. The number of hydrazone groups is 1. The fourth-order valence-corrected chi connectivity index (χ4v) is 3.04. The van der Waals surface area contributed by atoms with Crippen LogP contribution in [0.2, 0.25) is 0 Å². The van der Waals surface area contributed by atoms with Crippen LogP contribution in [0.1, 0.15) is 17.5 Å². The van der Waals surface area contributed by atoms with Gasteiger partial charge in [0.05, 0.1) is 17.7 Å². The van der Waals surface area contributed by atoms with E-state index in [0.717, 1.165) is 16.6 Å². The number of nitrogens with zero attached hydrogens (tertiary/aromatic N) is 2. The second-order valence-electron chi connectivity index (χ2n) is 6.24. The van der Waals surface area contributed by atoms with E-state index in [1.807, 2.05) is 12.1 Å². The van der Waals surface area contributed by atoms with Crippen LogP contribution in [0.15, 0.2) is 58.1 Å². The van der Waals surface area contributed by atoms with Gasteiger partial charge in [-0.05, 0) is 42.0 Å². The first-order chi connectivity index (χ1) is 13.2. The SMILES string of the molecule is O=C(N/N=C\c1ccc(C(F)(F)F)cc1)[C@H]1CC(=O)N(c2ccc(Br)cc2)C1. The number of alkyl halides is 3. The average Bonchev–Trinajstić information content (AvgIpc) is 3.04. The predicted molar refractivity (Wildman–Crippen MR) is 102 cm³/mol. The summed E-state index contributed by atoms with van der Waals surface area (Å²) in [6, 6.07) is 11.6. The maximum absolute atomic E-state index is 12.5. The largest absolute Gasteiger partial charge is 0.416 e. The van der Waals surface area contributed by atoms with Crippen LogP contribution >= 0.6 is 15.9 Å². The molecule has 1 heterocycles. The van der Waals surface area contributed by atoms with E-state index >= 15 is 0 Å². The third-order valence-electron chi connectivity index (χ3n) is 4.26. The molecule has 0 unspecified atom stereocenters. The predicted octanol–water partition coefficient (Wildman–Crippen LogP) is 3.97. The summed E-state index contributed by atoms with van der Waals surface area (Å²) in [6.07, 6.45) is -3.08. The monoisotopic (exact) mass is 453 g/mol. The van der Waals surface area contributed by atoms with Gasteiger partial charge in [-0.2, -0.15) is 18.3 Å². The minimum absolute atomic E-state index is 0.0672. The summed E-state index contributed by atoms with van der Waals surface area (Å²) < 4.78 is 38.5. The van der Waals surface area contributed by atoms with Gasteiger partial charge in [0, 0.05) is 23.1 Å². The van der Waals surface area contributed by atoms with Gasteiger partial charge in [0.1, 0.15) is 0 Å². The second kappa shape index (κ2) is 8.14. The molecule has 0 aliphatic carbocycles. The van der Waals surface area contributed by atoms with Crippen molar-refractivity contribution in [3.05, 3.63) is 64.1 Å². The van der Waals surface area contributed by atoms with Crippen molar-refractivity contribution in [2.45, 2.75) is 12.6 Å². The Morgan fingerprint density at radius 2 is 1.79 bits per heavy atom. The zero-order valence-electron chi connectivity index (χ0n) is 14.4. The van der Waals surface area contributed by atoms with Gasteiger partial charge in [-0.1, -0.05) is 28.1 Å². The number of carbonyl (C=O) groups excluding carboxylic acids is 2. The summed E-state index contributed by atoms with van der Waals surface area (Å²) in [6.45, 7) is 0.238. The van der Waals surface area contributed by atoms with Gasteiger partial charge in [0.25, 0.3) is 0 Å². The molecule has 0 radical (unpaired) electrons. The van der Waals surface area contributed by atoms with Crippen LogP contribution in [0.25, 0.3) is 0 Å². The Morgan fingerprint density at radius 1 is 1.14 bits per heavy atom. The highest BCUT2D eigenvalue weighted by Gasteiger charge is 2.35. The molecule has 1 N–H and O–H groups in total. The molecule has 1 aliphatic rings. The molecule has 0 bridgehead atoms. The number of rotatable bonds is 4. The highest BCUT2D eigenvalue weighted by molar-refractivity contribution is 9.10. The van der Waals surface area contributed by atoms with Crippen LogP contribution in [0.3, 0.4) is 0 Å². The van der Waals surface area contributed by atoms with Crippen LogP contribution in [-0.2, 0) is 15.8 Å². The quantitative estimate of drug-likeness (QED) is 0.562. The van der Waals surface area contributed by atoms with E-state index in [1.54, 1.807) is 12.1 Å². The van der Waals surface area contributed by atoms with Gasteiger partial charge in [0.2, 0.25) is 11.8 Å². The minimum atomic E-state index is -4.40. The number of benzene rings is 2. The summed E-state index contributed by atoms with van der Waals surface area (Å²) in [5.74, 6) is -1.13. The zero-order chi connectivity index (χ0) is 20.3. The molecular formula is C19H15BrF3N3O2. The molecule has 9 heteroatoms. The Bertz CT molecular complexity index is 896. The van der Waals surface area contributed by atoms with Gasteiger partial charge >= 0.3 is 6.18 Å². The van der Waals surface area contributed by atoms with E-state index in [0.29, 0.717) is 11.3 Å². The number of nitrogens with one attached hydrogen (secondary N) is 1. The van der Waals surface area contributed by atoms with Crippen molar-refractivity contribution >= 4 is 39.6 Å². The highest BCUT2D eigenvalue weighted by Crippen LogP contribution is 2.29. The number of anilines is 1. The molecule has 2 aromatic rings. The minimum Gasteiger partial charge on any atom is -0.312 e. The molecule has 1 fully saturated rings. The van der Waals surface area contributed by atoms with Crippen molar-refractivity contribution in [3.63, 3.8) is 0 Å². The summed E-state index contributed by atoms with van der Waals surface area (Å²) in [5.41, 5.74) is 2.70. The molecule has 2 aromatic carbocycles. The van der Waals surface area contributed by atoms with Crippen molar-refractivity contribution < 1.29 is 22.8 Å². The molecule has 0 spiro atoms. The lowest BCUT2D eigenvalue weighted by molar-refractivity contribution is -0.137. The molecule has 0 aromatic heterocycles. The first kappa shape index (κ1) is 20.1. The Morgan fingerprint density at radius 3 is 2.39 bits per heavy atom. The molecule has 1 aliphatic heterocycles. The smallest absolute Gasteiger partial charge is 0.312 e. The van der Waals surface area contributed by atoms with E-state index in [2.05, 4.69) is 26.5 Å². The van der Waals surface area contributed by atoms with Gasteiger partial charge in [0.15, 0.2) is 0 Å². The van der Waals surface area contributed by atoms with Crippen molar-refractivity contribution in [2.24, 2.45) is 11.0 Å². The topological polar surface area (TPSA) is 61.8 Å². The van der Waals surface area contributed by atoms with Gasteiger partial charge in [-0.15, -0.1) is 0 Å². The zero-order valence-corrected chi connectivity index (χ0v) is 16.0. The fourth-order valence-electron chi connectivity index (χ4n) is 2.77. The summed E-state index contributed by atoms with van der Waals surface area (Å²) in [5, 5.41) is 3.77. The standard InChI is InChI=1S/C19H15BrF3N3O2/c20-15-5-7-16(8-6-15)26-11-13(9-17(26)27)18(28)25-24-10-12-1-3-14(4-2-12)19(21,22)23/h1-8,10,13H,9,11H2,(H,25,28)/b24-10-/t13-/m0/s1. The van der Waals surface area contributed by atoms with Crippen molar-refractivity contribution in [1.82, 2.24) is 5.43 Å². The van der Waals surface area contributed by atoms with E-state index in [9.17, 15) is 22.8 Å². The molecule has 28 heavy (non-hydrogen) atoms. The number of carbonyl (C=O) groups is 2. The highest BCUT2D eigenvalue weighted by atomic mass is 79.9. The summed E-state index contributed by atoms with van der Waals surface area (Å²) >= 11 is 3.33. The van der Waals surface area contributed by atoms with Crippen LogP contribution < -0.4 is 10.3 Å². The number of amides is 2. The molecule has 1 atom stereocenters. The van der Waals surface area contributed by atoms with E-state index in [-0.39, 0.29) is 18.9 Å². The summed E-state index contributed by atoms with van der Waals surface area (Å²) in [7, 11) is 0. The Kier molecular flexibility index (Phi) is 5.83. The van der Waals surface area contributed by atoms with E-state index in [4.69, 9.17) is 0 Å². The summed E-state index contributed by atoms with van der Waals surface area (Å²) in [4.78, 5) is 26.0. The lowest BCUT2D eigenvalue weighted by atomic mass is 10.1. The Labute approximate surface area is 167 Å².